The van der Waals surface area contributed by atoms with E-state index in [0.29, 0.717) is 18.9 Å². The molecule has 0 atom stereocenters. The molecule has 2 rings (SSSR count). The van der Waals surface area contributed by atoms with Crippen LogP contribution in [0.1, 0.15) is 25.8 Å². The van der Waals surface area contributed by atoms with Crippen LogP contribution in [0, 0.1) is 0 Å². The van der Waals surface area contributed by atoms with E-state index in [1.165, 1.54) is 6.21 Å². The van der Waals surface area contributed by atoms with Gasteiger partial charge in [-0.15, -0.1) is 0 Å². The Morgan fingerprint density at radius 1 is 1.12 bits per heavy atom. The molecule has 2 N–H and O–H groups in total. The first-order chi connectivity index (χ1) is 11.7. The van der Waals surface area contributed by atoms with Crippen molar-refractivity contribution in [2.45, 2.75) is 20.3 Å². The van der Waals surface area contributed by atoms with Gasteiger partial charge >= 0.3 is 11.8 Å². The third-order valence-electron chi connectivity index (χ3n) is 3.33. The zero-order valence-corrected chi connectivity index (χ0v) is 13.8. The van der Waals surface area contributed by atoms with Crippen LogP contribution >= 0.6 is 0 Å². The number of hydrogen-bond donors (Lipinski definition) is 2. The van der Waals surface area contributed by atoms with E-state index in [2.05, 4.69) is 15.8 Å². The number of hydrogen-bond acceptors (Lipinski definition) is 4. The average molecular weight is 327 g/mol. The lowest BCUT2D eigenvalue weighted by molar-refractivity contribution is -0.139. The van der Waals surface area contributed by atoms with E-state index >= 15 is 0 Å². The lowest BCUT2D eigenvalue weighted by atomic mass is 10.0. The van der Waals surface area contributed by atoms with Crippen molar-refractivity contribution in [3.05, 3.63) is 42.0 Å². The van der Waals surface area contributed by atoms with Crippen LogP contribution in [0.3, 0.4) is 0 Å². The summed E-state index contributed by atoms with van der Waals surface area (Å²) in [5, 5.41) is 8.38. The van der Waals surface area contributed by atoms with Crippen LogP contribution in [0.4, 0.5) is 0 Å². The third-order valence-corrected chi connectivity index (χ3v) is 3.33. The summed E-state index contributed by atoms with van der Waals surface area (Å²) < 4.78 is 5.62. The summed E-state index contributed by atoms with van der Waals surface area (Å²) >= 11 is 0. The number of benzene rings is 2. The number of carbonyl (C=O) groups excluding carboxylic acids is 2. The Kier molecular flexibility index (Phi) is 6.31. The summed E-state index contributed by atoms with van der Waals surface area (Å²) in [6.45, 7) is 4.78. The number of ether oxygens (including phenoxy) is 1. The molecular weight excluding hydrogens is 306 g/mol. The first-order valence-electron chi connectivity index (χ1n) is 7.93. The van der Waals surface area contributed by atoms with Gasteiger partial charge in [-0.3, -0.25) is 9.59 Å². The van der Waals surface area contributed by atoms with Gasteiger partial charge in [-0.25, -0.2) is 5.43 Å². The van der Waals surface area contributed by atoms with E-state index in [1.54, 1.807) is 0 Å². The van der Waals surface area contributed by atoms with Gasteiger partial charge in [0.1, 0.15) is 5.75 Å². The number of nitrogens with one attached hydrogen (secondary N) is 2. The van der Waals surface area contributed by atoms with Crippen molar-refractivity contribution in [1.82, 2.24) is 10.7 Å². The fourth-order valence-corrected chi connectivity index (χ4v) is 2.22. The Balaban J connectivity index is 2.20. The highest BCUT2D eigenvalue weighted by atomic mass is 16.5. The lowest BCUT2D eigenvalue weighted by Crippen LogP contribution is -2.38. The van der Waals surface area contributed by atoms with Gasteiger partial charge in [0.15, 0.2) is 0 Å². The molecule has 0 unspecified atom stereocenters. The van der Waals surface area contributed by atoms with Crippen LogP contribution in [0.5, 0.6) is 5.75 Å². The topological polar surface area (TPSA) is 79.8 Å². The minimum absolute atomic E-state index is 0.452. The van der Waals surface area contributed by atoms with Gasteiger partial charge in [0.05, 0.1) is 12.8 Å². The molecule has 0 fully saturated rings. The number of hydrazone groups is 1. The van der Waals surface area contributed by atoms with Crippen molar-refractivity contribution in [2.24, 2.45) is 5.10 Å². The predicted octanol–water partition coefficient (Wildman–Crippen LogP) is 2.21. The maximum Gasteiger partial charge on any atom is 0.329 e. The van der Waals surface area contributed by atoms with Crippen molar-refractivity contribution >= 4 is 28.8 Å². The van der Waals surface area contributed by atoms with Crippen molar-refractivity contribution < 1.29 is 14.3 Å². The van der Waals surface area contributed by atoms with Gasteiger partial charge in [-0.05, 0) is 30.2 Å². The average Bonchev–Trinajstić information content (AvgIpc) is 2.61. The minimum Gasteiger partial charge on any atom is -0.493 e. The van der Waals surface area contributed by atoms with Crippen molar-refractivity contribution in [1.29, 1.82) is 0 Å². The first kappa shape index (κ1) is 17.5. The Morgan fingerprint density at radius 2 is 1.92 bits per heavy atom. The molecule has 0 spiro atoms. The summed E-state index contributed by atoms with van der Waals surface area (Å²) in [4.78, 5) is 23.1. The van der Waals surface area contributed by atoms with Crippen LogP contribution in [-0.2, 0) is 9.59 Å². The Morgan fingerprint density at radius 3 is 2.67 bits per heavy atom. The number of carbonyl (C=O) groups is 2. The lowest BCUT2D eigenvalue weighted by Gasteiger charge is -2.10. The van der Waals surface area contributed by atoms with E-state index in [9.17, 15) is 9.59 Å². The van der Waals surface area contributed by atoms with E-state index in [4.69, 9.17) is 4.74 Å². The monoisotopic (exact) mass is 327 g/mol. The molecule has 2 amide bonds. The van der Waals surface area contributed by atoms with E-state index < -0.39 is 11.8 Å². The molecule has 0 aromatic heterocycles. The van der Waals surface area contributed by atoms with Gasteiger partial charge in [-0.1, -0.05) is 37.3 Å². The predicted molar refractivity (Wildman–Crippen MR) is 94.2 cm³/mol. The summed E-state index contributed by atoms with van der Waals surface area (Å²) in [5.41, 5.74) is 2.99. The normalized spacial score (nSPS) is 10.8. The summed E-state index contributed by atoms with van der Waals surface area (Å²) in [6, 6.07) is 11.6. The molecule has 6 heteroatoms. The van der Waals surface area contributed by atoms with Crippen LogP contribution in [-0.4, -0.2) is 31.2 Å². The molecular formula is C18H21N3O3. The Bertz CT molecular complexity index is 756. The molecule has 0 aliphatic heterocycles. The van der Waals surface area contributed by atoms with Gasteiger partial charge in [0.2, 0.25) is 0 Å². The van der Waals surface area contributed by atoms with Crippen LogP contribution < -0.4 is 15.5 Å². The molecule has 0 aliphatic rings. The zero-order chi connectivity index (χ0) is 17.4. The second kappa shape index (κ2) is 8.67. The van der Waals surface area contributed by atoms with Crippen LogP contribution in [0.2, 0.25) is 0 Å². The molecule has 0 saturated carbocycles. The van der Waals surface area contributed by atoms with Gasteiger partial charge in [0, 0.05) is 12.1 Å². The maximum atomic E-state index is 11.6. The quantitative estimate of drug-likeness (QED) is 0.485. The van der Waals surface area contributed by atoms with E-state index in [-0.39, 0.29) is 0 Å². The summed E-state index contributed by atoms with van der Waals surface area (Å²) in [7, 11) is 0. The van der Waals surface area contributed by atoms with Gasteiger partial charge < -0.3 is 10.1 Å². The van der Waals surface area contributed by atoms with Crippen molar-refractivity contribution in [2.75, 3.05) is 13.2 Å². The number of amides is 2. The standard InChI is InChI=1S/C18H21N3O3/c1-3-11-19-17(22)18(23)21-20-12-15-14-8-6-5-7-13(14)9-10-16(15)24-4-2/h5-10,12H,3-4,11H2,1-2H3,(H,19,22)(H,21,23)/b20-12-. The summed E-state index contributed by atoms with van der Waals surface area (Å²) in [6.07, 6.45) is 2.26. The van der Waals surface area contributed by atoms with E-state index in [0.717, 1.165) is 22.8 Å². The molecule has 0 saturated heterocycles. The maximum absolute atomic E-state index is 11.6. The Hall–Kier alpha value is -2.89. The van der Waals surface area contributed by atoms with Crippen LogP contribution in [0.15, 0.2) is 41.5 Å². The number of rotatable bonds is 6. The second-order valence-electron chi connectivity index (χ2n) is 5.09. The minimum atomic E-state index is -0.794. The largest absolute Gasteiger partial charge is 0.493 e. The fourth-order valence-electron chi connectivity index (χ4n) is 2.22. The Labute approximate surface area is 140 Å². The van der Waals surface area contributed by atoms with Crippen LogP contribution in [0.25, 0.3) is 10.8 Å². The zero-order valence-electron chi connectivity index (χ0n) is 13.8. The highest BCUT2D eigenvalue weighted by Gasteiger charge is 2.11. The highest BCUT2D eigenvalue weighted by Crippen LogP contribution is 2.26. The number of fused-ring (bicyclic) bond motifs is 1. The molecule has 0 bridgehead atoms. The molecule has 0 aliphatic carbocycles. The molecule has 6 nitrogen and oxygen atoms in total. The molecule has 2 aromatic carbocycles. The van der Waals surface area contributed by atoms with E-state index in [1.807, 2.05) is 50.2 Å². The summed E-state index contributed by atoms with van der Waals surface area (Å²) in [5.74, 6) is -0.820. The number of nitrogens with zero attached hydrogens (tertiary/aromatic N) is 1. The third kappa shape index (κ3) is 4.32. The first-order valence-corrected chi connectivity index (χ1v) is 7.93. The highest BCUT2D eigenvalue weighted by molar-refractivity contribution is 6.35. The molecule has 2 aromatic rings. The SMILES string of the molecule is CCCNC(=O)C(=O)N/N=C\c1c(OCC)ccc2ccccc12. The molecule has 24 heavy (non-hydrogen) atoms. The molecule has 126 valence electrons. The van der Waals surface area contributed by atoms with Crippen molar-refractivity contribution in [3.8, 4) is 5.75 Å². The molecule has 0 heterocycles. The fraction of sp³-hybridized carbons (Fsp3) is 0.278. The smallest absolute Gasteiger partial charge is 0.329 e. The van der Waals surface area contributed by atoms with Crippen molar-refractivity contribution in [3.63, 3.8) is 0 Å². The molecule has 0 radical (unpaired) electrons. The van der Waals surface area contributed by atoms with Gasteiger partial charge in [0.25, 0.3) is 0 Å². The second-order valence-corrected chi connectivity index (χ2v) is 5.09. The van der Waals surface area contributed by atoms with Gasteiger partial charge in [-0.2, -0.15) is 5.10 Å².